The maximum atomic E-state index is 12.9. The number of hydrogen-bond acceptors (Lipinski definition) is 8. The number of carbonyl (C=O) groups is 1. The molecule has 11 heteroatoms. The topological polar surface area (TPSA) is 121 Å². The van der Waals surface area contributed by atoms with E-state index in [-0.39, 0.29) is 16.8 Å². The summed E-state index contributed by atoms with van der Waals surface area (Å²) >= 11 is 0. The molecule has 10 nitrogen and oxygen atoms in total. The Morgan fingerprint density at radius 1 is 0.978 bits per heavy atom. The van der Waals surface area contributed by atoms with Crippen molar-refractivity contribution in [2.24, 2.45) is 0 Å². The quantitative estimate of drug-likeness (QED) is 0.234. The summed E-state index contributed by atoms with van der Waals surface area (Å²) in [5.41, 5.74) is 1.38. The van der Waals surface area contributed by atoms with Crippen LogP contribution in [-0.4, -0.2) is 64.5 Å². The van der Waals surface area contributed by atoms with E-state index in [9.17, 15) is 9.90 Å². The van der Waals surface area contributed by atoms with Crippen LogP contribution in [0.25, 0.3) is 11.2 Å². The summed E-state index contributed by atoms with van der Waals surface area (Å²) in [5.74, 6) is -1.48. The van der Waals surface area contributed by atoms with Gasteiger partial charge in [0.15, 0.2) is 17.0 Å². The molecule has 5 aromatic rings. The molecule has 1 amide bonds. The summed E-state index contributed by atoms with van der Waals surface area (Å²) in [7, 11) is -1.51. The lowest BCUT2D eigenvalue weighted by molar-refractivity contribution is -0.266. The van der Waals surface area contributed by atoms with E-state index >= 15 is 0 Å². The number of ether oxygens (including phenoxy) is 2. The minimum atomic E-state index is -3.03. The second-order valence-electron chi connectivity index (χ2n) is 12.1. The average Bonchev–Trinajstić information content (AvgIpc) is 3.66. The van der Waals surface area contributed by atoms with Crippen molar-refractivity contribution in [1.29, 1.82) is 0 Å². The van der Waals surface area contributed by atoms with Crippen molar-refractivity contribution in [1.82, 2.24) is 19.5 Å². The van der Waals surface area contributed by atoms with Gasteiger partial charge in [-0.2, -0.15) is 0 Å². The SMILES string of the molecule is CO[C@]1(CO)O[C@@H](n2cnc3c(NC(=O)c4ccccc4)ncnc32)C[C@@H]1O[Si](c1ccccc1)(c1ccccc1)C(C)(C)C. The number of benzene rings is 3. The number of aliphatic hydroxyl groups excluding tert-OH is 1. The van der Waals surface area contributed by atoms with Gasteiger partial charge in [-0.15, -0.1) is 0 Å². The summed E-state index contributed by atoms with van der Waals surface area (Å²) < 4.78 is 21.7. The molecule has 3 atom stereocenters. The molecule has 0 unspecified atom stereocenters. The van der Waals surface area contributed by atoms with E-state index < -0.39 is 33.0 Å². The Morgan fingerprint density at radius 3 is 2.13 bits per heavy atom. The summed E-state index contributed by atoms with van der Waals surface area (Å²) in [6.45, 7) is 6.17. The lowest BCUT2D eigenvalue weighted by atomic mass is 10.1. The van der Waals surface area contributed by atoms with Gasteiger partial charge >= 0.3 is 0 Å². The van der Waals surface area contributed by atoms with Gasteiger partial charge in [-0.3, -0.25) is 9.36 Å². The molecule has 6 rings (SSSR count). The van der Waals surface area contributed by atoms with E-state index in [1.165, 1.54) is 13.4 Å². The number of fused-ring (bicyclic) bond motifs is 1. The number of imidazole rings is 1. The van der Waals surface area contributed by atoms with Gasteiger partial charge < -0.3 is 24.3 Å². The highest BCUT2D eigenvalue weighted by Crippen LogP contribution is 2.45. The highest BCUT2D eigenvalue weighted by Gasteiger charge is 2.58. The fraction of sp³-hybridized carbons (Fsp3) is 0.294. The zero-order chi connectivity index (χ0) is 31.7. The van der Waals surface area contributed by atoms with Crippen LogP contribution in [0.3, 0.4) is 0 Å². The van der Waals surface area contributed by atoms with Gasteiger partial charge in [-0.25, -0.2) is 15.0 Å². The number of nitrogens with zero attached hydrogens (tertiary/aromatic N) is 4. The molecule has 0 radical (unpaired) electrons. The molecular formula is C34H37N5O5Si. The fourth-order valence-electron chi connectivity index (χ4n) is 6.24. The van der Waals surface area contributed by atoms with Crippen LogP contribution in [0.2, 0.25) is 5.04 Å². The first-order valence-electron chi connectivity index (χ1n) is 14.9. The molecule has 2 N–H and O–H groups in total. The van der Waals surface area contributed by atoms with E-state index in [0.29, 0.717) is 23.1 Å². The third kappa shape index (κ3) is 5.47. The number of nitrogens with one attached hydrogen (secondary N) is 1. The molecule has 0 bridgehead atoms. The van der Waals surface area contributed by atoms with Crippen molar-refractivity contribution in [2.45, 2.75) is 50.3 Å². The van der Waals surface area contributed by atoms with Crippen molar-refractivity contribution in [3.63, 3.8) is 0 Å². The molecule has 1 aliphatic rings. The van der Waals surface area contributed by atoms with Crippen LogP contribution in [0, 0.1) is 0 Å². The Balaban J connectivity index is 1.38. The van der Waals surface area contributed by atoms with E-state index in [1.54, 1.807) is 35.2 Å². The second kappa shape index (κ2) is 12.3. The van der Waals surface area contributed by atoms with Gasteiger partial charge in [0.25, 0.3) is 14.2 Å². The van der Waals surface area contributed by atoms with Gasteiger partial charge in [-0.1, -0.05) is 99.6 Å². The fourth-order valence-corrected chi connectivity index (χ4v) is 11.0. The Labute approximate surface area is 263 Å². The number of methoxy groups -OCH3 is 1. The second-order valence-corrected chi connectivity index (χ2v) is 16.4. The molecule has 2 aromatic heterocycles. The lowest BCUT2D eigenvalue weighted by Crippen LogP contribution is -2.69. The number of hydrogen-bond donors (Lipinski definition) is 2. The van der Waals surface area contributed by atoms with E-state index in [4.69, 9.17) is 13.9 Å². The van der Waals surface area contributed by atoms with Gasteiger partial charge in [0.1, 0.15) is 18.7 Å². The standard InChI is InChI=1S/C34H37N5O5Si/c1-33(2,3)45(25-16-10-6-11-17-25,26-18-12-7-13-19-26)44-27-20-28(43-34(27,21-40)42-4)39-23-37-29-30(35-22-36-31(29)39)38-32(41)24-14-8-5-9-15-24/h5-19,22-23,27-28,40H,20-21H2,1-4H3,(H,35,36,38,41)/t27-,28+,34+/m0/s1. The van der Waals surface area contributed by atoms with Crippen molar-refractivity contribution in [3.8, 4) is 0 Å². The van der Waals surface area contributed by atoms with Crippen molar-refractivity contribution in [3.05, 3.63) is 109 Å². The van der Waals surface area contributed by atoms with Gasteiger partial charge in [-0.05, 0) is 27.5 Å². The van der Waals surface area contributed by atoms with Crippen molar-refractivity contribution in [2.75, 3.05) is 19.0 Å². The molecule has 3 heterocycles. The molecule has 45 heavy (non-hydrogen) atoms. The highest BCUT2D eigenvalue weighted by molar-refractivity contribution is 6.99. The highest BCUT2D eigenvalue weighted by atomic mass is 28.4. The first-order valence-corrected chi connectivity index (χ1v) is 16.8. The zero-order valence-corrected chi connectivity index (χ0v) is 26.8. The van der Waals surface area contributed by atoms with Crippen LogP contribution in [0.5, 0.6) is 0 Å². The van der Waals surface area contributed by atoms with E-state index in [0.717, 1.165) is 10.4 Å². The minimum absolute atomic E-state index is 0.283. The third-order valence-electron chi connectivity index (χ3n) is 8.48. The molecular weight excluding hydrogens is 586 g/mol. The molecule has 1 fully saturated rings. The molecule has 0 saturated carbocycles. The molecule has 3 aromatic carbocycles. The van der Waals surface area contributed by atoms with Gasteiger partial charge in [0.05, 0.1) is 12.9 Å². The first kappa shape index (κ1) is 30.7. The largest absolute Gasteiger partial charge is 0.399 e. The number of amides is 1. The maximum absolute atomic E-state index is 12.9. The molecule has 0 aliphatic carbocycles. The minimum Gasteiger partial charge on any atom is -0.399 e. The number of anilines is 1. The van der Waals surface area contributed by atoms with Crippen LogP contribution in [0.15, 0.2) is 104 Å². The van der Waals surface area contributed by atoms with Crippen molar-refractivity contribution < 1.29 is 23.8 Å². The van der Waals surface area contributed by atoms with Crippen LogP contribution in [-0.2, 0) is 13.9 Å². The summed E-state index contributed by atoms with van der Waals surface area (Å²) in [4.78, 5) is 26.2. The number of rotatable bonds is 9. The van der Waals surface area contributed by atoms with Crippen LogP contribution in [0.4, 0.5) is 5.82 Å². The zero-order valence-electron chi connectivity index (χ0n) is 25.8. The summed E-state index contributed by atoms with van der Waals surface area (Å²) in [5, 5.41) is 15.6. The Bertz CT molecular complexity index is 1720. The third-order valence-corrected chi connectivity index (χ3v) is 13.5. The predicted octanol–water partition coefficient (Wildman–Crippen LogP) is 4.28. The van der Waals surface area contributed by atoms with Crippen LogP contribution in [0.1, 0.15) is 43.8 Å². The summed E-state index contributed by atoms with van der Waals surface area (Å²) in [6, 6.07) is 29.5. The van der Waals surface area contributed by atoms with Gasteiger partial charge in [0, 0.05) is 19.1 Å². The Kier molecular flexibility index (Phi) is 8.38. The normalized spacial score (nSPS) is 20.4. The average molecular weight is 624 g/mol. The Hall–Kier alpha value is -4.26. The maximum Gasteiger partial charge on any atom is 0.261 e. The number of carbonyl (C=O) groups excluding carboxylic acids is 1. The van der Waals surface area contributed by atoms with Crippen molar-refractivity contribution >= 4 is 41.6 Å². The van der Waals surface area contributed by atoms with Gasteiger partial charge in [0.2, 0.25) is 5.79 Å². The molecule has 0 spiro atoms. The lowest BCUT2D eigenvalue weighted by Gasteiger charge is -2.46. The summed E-state index contributed by atoms with van der Waals surface area (Å²) in [6.07, 6.45) is 2.03. The van der Waals surface area contributed by atoms with E-state index in [2.05, 4.69) is 65.3 Å². The molecule has 1 saturated heterocycles. The smallest absolute Gasteiger partial charge is 0.261 e. The van der Waals surface area contributed by atoms with Crippen LogP contribution >= 0.6 is 0 Å². The first-order chi connectivity index (χ1) is 21.7. The molecule has 232 valence electrons. The molecule has 1 aliphatic heterocycles. The number of aromatic nitrogens is 4. The Morgan fingerprint density at radius 2 is 1.58 bits per heavy atom. The number of aliphatic hydroxyl groups is 1. The van der Waals surface area contributed by atoms with Crippen LogP contribution < -0.4 is 15.7 Å². The predicted molar refractivity (Wildman–Crippen MR) is 174 cm³/mol. The van der Waals surface area contributed by atoms with E-state index in [1.807, 2.05) is 42.5 Å². The monoisotopic (exact) mass is 623 g/mol.